The van der Waals surface area contributed by atoms with E-state index in [1.807, 2.05) is 24.3 Å². The second kappa shape index (κ2) is 4.43. The van der Waals surface area contributed by atoms with Crippen molar-refractivity contribution >= 4 is 11.6 Å². The topological polar surface area (TPSA) is 25.8 Å². The molecule has 1 heterocycles. The molecule has 20 heavy (non-hydrogen) atoms. The fourth-order valence-electron chi connectivity index (χ4n) is 2.78. The zero-order valence-electron chi connectivity index (χ0n) is 10.7. The van der Waals surface area contributed by atoms with Gasteiger partial charge in [0.05, 0.1) is 11.4 Å². The van der Waals surface area contributed by atoms with Gasteiger partial charge in [0.1, 0.15) is 0 Å². The number of hydrogen-bond donors (Lipinski definition) is 0. The van der Waals surface area contributed by atoms with E-state index in [9.17, 15) is 0 Å². The molecule has 0 saturated carbocycles. The Balaban J connectivity index is 1.99. The van der Waals surface area contributed by atoms with E-state index in [2.05, 4.69) is 40.3 Å². The lowest BCUT2D eigenvalue weighted by molar-refractivity contribution is 1.13. The van der Waals surface area contributed by atoms with Crippen LogP contribution in [0.4, 0.5) is 0 Å². The minimum absolute atomic E-state index is 0.305. The van der Waals surface area contributed by atoms with E-state index in [4.69, 9.17) is 11.6 Å². The van der Waals surface area contributed by atoms with E-state index < -0.39 is 0 Å². The van der Waals surface area contributed by atoms with Crippen molar-refractivity contribution in [3.8, 4) is 22.5 Å². The molecule has 0 radical (unpaired) electrons. The summed E-state index contributed by atoms with van der Waals surface area (Å²) in [5.74, 6) is 0. The van der Waals surface area contributed by atoms with Crippen molar-refractivity contribution in [1.82, 2.24) is 9.97 Å². The summed E-state index contributed by atoms with van der Waals surface area (Å²) < 4.78 is 0. The average Bonchev–Trinajstić information content (AvgIpc) is 2.86. The van der Waals surface area contributed by atoms with Crippen molar-refractivity contribution in [2.75, 3.05) is 0 Å². The van der Waals surface area contributed by atoms with Crippen molar-refractivity contribution in [1.29, 1.82) is 0 Å². The van der Waals surface area contributed by atoms with Crippen molar-refractivity contribution in [3.63, 3.8) is 0 Å². The fourth-order valence-corrected chi connectivity index (χ4v) is 2.95. The van der Waals surface area contributed by atoms with Crippen molar-refractivity contribution in [2.24, 2.45) is 0 Å². The third-order valence-corrected chi connectivity index (χ3v) is 3.84. The molecule has 0 unspecified atom stereocenters. The SMILES string of the molecule is Clc1nc(-c2ccccc2)c2c(n1)-c1ccccc1C2. The average molecular weight is 279 g/mol. The van der Waals surface area contributed by atoms with Crippen LogP contribution in [0.2, 0.25) is 5.28 Å². The quantitative estimate of drug-likeness (QED) is 0.483. The number of rotatable bonds is 1. The number of fused-ring (bicyclic) bond motifs is 3. The van der Waals surface area contributed by atoms with Gasteiger partial charge in [-0.3, -0.25) is 0 Å². The number of aromatic nitrogens is 2. The zero-order chi connectivity index (χ0) is 13.5. The smallest absolute Gasteiger partial charge is 0.218 e. The lowest BCUT2D eigenvalue weighted by atomic mass is 10.0. The van der Waals surface area contributed by atoms with Crippen LogP contribution in [0, 0.1) is 0 Å². The van der Waals surface area contributed by atoms with Crippen LogP contribution in [0.25, 0.3) is 22.5 Å². The first-order valence-corrected chi connectivity index (χ1v) is 6.91. The molecule has 0 aliphatic heterocycles. The highest BCUT2D eigenvalue weighted by Gasteiger charge is 2.24. The Hall–Kier alpha value is -2.19. The van der Waals surface area contributed by atoms with E-state index >= 15 is 0 Å². The maximum Gasteiger partial charge on any atom is 0.223 e. The first-order valence-electron chi connectivity index (χ1n) is 6.53. The molecular formula is C17H11ClN2. The molecule has 0 bridgehead atoms. The maximum absolute atomic E-state index is 6.12. The molecule has 0 atom stereocenters. The summed E-state index contributed by atoms with van der Waals surface area (Å²) in [4.78, 5) is 8.89. The van der Waals surface area contributed by atoms with Crippen LogP contribution in [-0.2, 0) is 6.42 Å². The van der Waals surface area contributed by atoms with Crippen LogP contribution >= 0.6 is 11.6 Å². The summed E-state index contributed by atoms with van der Waals surface area (Å²) in [5, 5.41) is 0.305. The van der Waals surface area contributed by atoms with E-state index in [0.717, 1.165) is 23.4 Å². The first-order chi connectivity index (χ1) is 9.83. The molecule has 1 aliphatic carbocycles. The summed E-state index contributed by atoms with van der Waals surface area (Å²) in [7, 11) is 0. The fraction of sp³-hybridized carbons (Fsp3) is 0.0588. The number of hydrogen-bond acceptors (Lipinski definition) is 2. The minimum atomic E-state index is 0.305. The summed E-state index contributed by atoms with van der Waals surface area (Å²) in [5.41, 5.74) is 6.62. The third kappa shape index (κ3) is 1.73. The Morgan fingerprint density at radius 3 is 2.35 bits per heavy atom. The molecule has 3 heteroatoms. The monoisotopic (exact) mass is 278 g/mol. The summed E-state index contributed by atoms with van der Waals surface area (Å²) in [6.45, 7) is 0. The predicted molar refractivity (Wildman–Crippen MR) is 80.7 cm³/mol. The van der Waals surface area contributed by atoms with Crippen LogP contribution in [0.1, 0.15) is 11.1 Å². The van der Waals surface area contributed by atoms with Crippen LogP contribution in [-0.4, -0.2) is 9.97 Å². The minimum Gasteiger partial charge on any atom is -0.218 e. The highest BCUT2D eigenvalue weighted by atomic mass is 35.5. The van der Waals surface area contributed by atoms with Gasteiger partial charge in [-0.05, 0) is 17.2 Å². The lowest BCUT2D eigenvalue weighted by Gasteiger charge is -2.07. The van der Waals surface area contributed by atoms with Crippen LogP contribution < -0.4 is 0 Å². The van der Waals surface area contributed by atoms with Gasteiger partial charge in [0.2, 0.25) is 5.28 Å². The van der Waals surface area contributed by atoms with Gasteiger partial charge >= 0.3 is 0 Å². The van der Waals surface area contributed by atoms with Gasteiger partial charge in [-0.1, -0.05) is 54.6 Å². The van der Waals surface area contributed by atoms with Crippen molar-refractivity contribution < 1.29 is 0 Å². The van der Waals surface area contributed by atoms with Crippen molar-refractivity contribution in [3.05, 3.63) is 71.0 Å². The van der Waals surface area contributed by atoms with Crippen molar-refractivity contribution in [2.45, 2.75) is 6.42 Å². The highest BCUT2D eigenvalue weighted by Crippen LogP contribution is 2.39. The van der Waals surface area contributed by atoms with Gasteiger partial charge < -0.3 is 0 Å². The molecule has 4 rings (SSSR count). The summed E-state index contributed by atoms with van der Waals surface area (Å²) in [6, 6.07) is 18.5. The Morgan fingerprint density at radius 1 is 0.800 bits per heavy atom. The molecule has 0 fully saturated rings. The number of halogens is 1. The summed E-state index contributed by atoms with van der Waals surface area (Å²) >= 11 is 6.12. The Kier molecular flexibility index (Phi) is 2.57. The second-order valence-electron chi connectivity index (χ2n) is 4.87. The molecule has 1 aliphatic rings. The number of benzene rings is 2. The standard InChI is InChI=1S/C17H11ClN2/c18-17-19-15(11-6-2-1-3-7-11)14-10-12-8-4-5-9-13(12)16(14)20-17/h1-9H,10H2. The highest BCUT2D eigenvalue weighted by molar-refractivity contribution is 6.28. The summed E-state index contributed by atoms with van der Waals surface area (Å²) in [6.07, 6.45) is 0.868. The molecule has 0 N–H and O–H groups in total. The van der Waals surface area contributed by atoms with E-state index in [1.165, 1.54) is 16.7 Å². The van der Waals surface area contributed by atoms with Crippen LogP contribution in [0.3, 0.4) is 0 Å². The lowest BCUT2D eigenvalue weighted by Crippen LogP contribution is -1.96. The first kappa shape index (κ1) is 11.6. The molecule has 3 aromatic rings. The van der Waals surface area contributed by atoms with Gasteiger partial charge in [0.25, 0.3) is 0 Å². The Bertz CT molecular complexity index is 797. The van der Waals surface area contributed by atoms with E-state index in [-0.39, 0.29) is 0 Å². The number of nitrogens with zero attached hydrogens (tertiary/aromatic N) is 2. The zero-order valence-corrected chi connectivity index (χ0v) is 11.4. The van der Waals surface area contributed by atoms with E-state index in [0.29, 0.717) is 5.28 Å². The predicted octanol–water partition coefficient (Wildman–Crippen LogP) is 4.37. The maximum atomic E-state index is 6.12. The molecule has 0 amide bonds. The second-order valence-corrected chi connectivity index (χ2v) is 5.21. The van der Waals surface area contributed by atoms with Gasteiger partial charge in [-0.15, -0.1) is 0 Å². The van der Waals surface area contributed by atoms with Gasteiger partial charge in [0, 0.05) is 23.1 Å². The van der Waals surface area contributed by atoms with Crippen LogP contribution in [0.5, 0.6) is 0 Å². The molecular weight excluding hydrogens is 268 g/mol. The Morgan fingerprint density at radius 2 is 1.50 bits per heavy atom. The molecule has 2 nitrogen and oxygen atoms in total. The van der Waals surface area contributed by atoms with E-state index in [1.54, 1.807) is 0 Å². The molecule has 0 spiro atoms. The molecule has 0 saturated heterocycles. The third-order valence-electron chi connectivity index (χ3n) is 3.67. The van der Waals surface area contributed by atoms with Crippen LogP contribution in [0.15, 0.2) is 54.6 Å². The Labute approximate surface area is 122 Å². The largest absolute Gasteiger partial charge is 0.223 e. The van der Waals surface area contributed by atoms with Gasteiger partial charge in [-0.25, -0.2) is 9.97 Å². The normalized spacial score (nSPS) is 12.1. The van der Waals surface area contributed by atoms with Gasteiger partial charge in [-0.2, -0.15) is 0 Å². The van der Waals surface area contributed by atoms with Gasteiger partial charge in [0.15, 0.2) is 0 Å². The molecule has 2 aromatic carbocycles. The molecule has 1 aromatic heterocycles. The molecule has 96 valence electrons.